The smallest absolute Gasteiger partial charge is 0.416 e. The van der Waals surface area contributed by atoms with Gasteiger partial charge < -0.3 is 20.1 Å². The average Bonchev–Trinajstić information content (AvgIpc) is 3.85. The Hall–Kier alpha value is -4.36. The van der Waals surface area contributed by atoms with Gasteiger partial charge in [-0.3, -0.25) is 9.59 Å². The Morgan fingerprint density at radius 1 is 0.909 bits per heavy atom. The summed E-state index contributed by atoms with van der Waals surface area (Å²) < 4.78 is 120. The van der Waals surface area contributed by atoms with Crippen LogP contribution in [0.2, 0.25) is 0 Å². The predicted molar refractivity (Wildman–Crippen MR) is 141 cm³/mol. The third-order valence-electron chi connectivity index (χ3n) is 7.29. The van der Waals surface area contributed by atoms with E-state index in [1.54, 1.807) is 0 Å². The third-order valence-corrected chi connectivity index (χ3v) is 7.29. The second-order valence-electron chi connectivity index (χ2n) is 10.7. The third kappa shape index (κ3) is 6.73. The number of hydrogen-bond acceptors (Lipinski definition) is 4. The minimum Gasteiger partial charge on any atom is -0.481 e. The Morgan fingerprint density at radius 3 is 2.20 bits per heavy atom. The van der Waals surface area contributed by atoms with Crippen LogP contribution in [0.5, 0.6) is 17.2 Å². The molecule has 234 valence electrons. The second kappa shape index (κ2) is 11.3. The van der Waals surface area contributed by atoms with E-state index in [-0.39, 0.29) is 41.5 Å². The first-order valence-electron chi connectivity index (χ1n) is 13.4. The van der Waals surface area contributed by atoms with Gasteiger partial charge in [0.05, 0.1) is 11.1 Å². The molecule has 0 spiro atoms. The molecular weight excluding hydrogens is 604 g/mol. The summed E-state index contributed by atoms with van der Waals surface area (Å²) >= 11 is 0. The molecule has 0 saturated heterocycles. The maximum atomic E-state index is 14.4. The van der Waals surface area contributed by atoms with Crippen LogP contribution in [0.25, 0.3) is 0 Å². The minimum atomic E-state index is -4.81. The highest BCUT2D eigenvalue weighted by molar-refractivity contribution is 6.06. The van der Waals surface area contributed by atoms with Crippen molar-refractivity contribution in [2.24, 2.45) is 0 Å². The summed E-state index contributed by atoms with van der Waals surface area (Å²) in [5, 5.41) is 4.16. The van der Waals surface area contributed by atoms with Crippen molar-refractivity contribution in [3.05, 3.63) is 82.4 Å². The van der Waals surface area contributed by atoms with E-state index in [2.05, 4.69) is 5.32 Å². The molecule has 0 aromatic heterocycles. The second-order valence-corrected chi connectivity index (χ2v) is 10.7. The Labute approximate surface area is 245 Å². The van der Waals surface area contributed by atoms with Crippen molar-refractivity contribution in [3.63, 3.8) is 0 Å². The van der Waals surface area contributed by atoms with Crippen LogP contribution < -0.4 is 20.1 Å². The van der Waals surface area contributed by atoms with Crippen LogP contribution in [0, 0.1) is 18.6 Å². The zero-order chi connectivity index (χ0) is 32.0. The van der Waals surface area contributed by atoms with Gasteiger partial charge >= 0.3 is 12.4 Å². The monoisotopic (exact) mass is 628 g/mol. The lowest BCUT2D eigenvalue weighted by atomic mass is 9.98. The van der Waals surface area contributed by atoms with Gasteiger partial charge in [-0.15, -0.1) is 0 Å². The number of aryl methyl sites for hydroxylation is 1. The van der Waals surface area contributed by atoms with Crippen molar-refractivity contribution in [1.82, 2.24) is 5.32 Å². The summed E-state index contributed by atoms with van der Waals surface area (Å²) in [5.41, 5.74) is -3.81. The molecule has 2 aliphatic carbocycles. The van der Waals surface area contributed by atoms with Gasteiger partial charge in [-0.05, 0) is 92.1 Å². The van der Waals surface area contributed by atoms with Crippen LogP contribution in [-0.4, -0.2) is 30.1 Å². The van der Waals surface area contributed by atoms with Crippen LogP contribution in [0.4, 0.5) is 40.8 Å². The van der Waals surface area contributed by atoms with Crippen molar-refractivity contribution in [1.29, 1.82) is 0 Å². The normalized spacial score (nSPS) is 15.8. The molecule has 0 aliphatic heterocycles. The number of ether oxygens (including phenoxy) is 2. The molecule has 0 atom stereocenters. The van der Waals surface area contributed by atoms with Gasteiger partial charge in [0.1, 0.15) is 22.9 Å². The summed E-state index contributed by atoms with van der Waals surface area (Å²) in [4.78, 5) is 25.4. The molecule has 5 rings (SSSR count). The number of rotatable bonds is 9. The molecule has 3 aromatic rings. The molecule has 2 aliphatic rings. The molecule has 0 heterocycles. The lowest BCUT2D eigenvalue weighted by Crippen LogP contribution is -2.49. The highest BCUT2D eigenvalue weighted by Gasteiger charge is 2.64. The van der Waals surface area contributed by atoms with Crippen molar-refractivity contribution in [2.75, 3.05) is 11.9 Å². The first-order chi connectivity index (χ1) is 20.6. The fourth-order valence-corrected chi connectivity index (χ4v) is 4.62. The van der Waals surface area contributed by atoms with Gasteiger partial charge in [-0.1, -0.05) is 0 Å². The van der Waals surface area contributed by atoms with Gasteiger partial charge in [0.25, 0.3) is 11.8 Å². The van der Waals surface area contributed by atoms with E-state index >= 15 is 0 Å². The molecule has 2 amide bonds. The number of hydrogen-bond donors (Lipinski definition) is 2. The summed E-state index contributed by atoms with van der Waals surface area (Å²) in [6, 6.07) is 8.09. The molecule has 3 aromatic carbocycles. The fourth-order valence-electron chi connectivity index (χ4n) is 4.62. The van der Waals surface area contributed by atoms with Gasteiger partial charge in [0, 0.05) is 11.8 Å². The quantitative estimate of drug-likeness (QED) is 0.237. The fraction of sp³-hybridized carbons (Fsp3) is 0.333. The summed E-state index contributed by atoms with van der Waals surface area (Å²) in [7, 11) is 0. The zero-order valence-electron chi connectivity index (χ0n) is 22.9. The molecule has 0 unspecified atom stereocenters. The largest absolute Gasteiger partial charge is 0.481 e. The topological polar surface area (TPSA) is 76.7 Å². The SMILES string of the molecule is Cc1cc(F)ccc1Oc1cc(C2CC2)c(C(F)(F)F)cc1C(=O)Nc1ccc(F)c(OCC(=O)NC2(C(F)(F)F)CC2)c1. The van der Waals surface area contributed by atoms with Gasteiger partial charge in [0.2, 0.25) is 0 Å². The molecule has 2 N–H and O–H groups in total. The van der Waals surface area contributed by atoms with Crippen molar-refractivity contribution in [2.45, 2.75) is 56.4 Å². The predicted octanol–water partition coefficient (Wildman–Crippen LogP) is 7.80. The van der Waals surface area contributed by atoms with Crippen LogP contribution in [0.15, 0.2) is 48.5 Å². The van der Waals surface area contributed by atoms with Gasteiger partial charge in [0.15, 0.2) is 18.2 Å². The lowest BCUT2D eigenvalue weighted by molar-refractivity contribution is -0.170. The number of amides is 2. The Bertz CT molecular complexity index is 1610. The van der Waals surface area contributed by atoms with Gasteiger partial charge in [-0.25, -0.2) is 8.78 Å². The maximum absolute atomic E-state index is 14.4. The van der Waals surface area contributed by atoms with Crippen LogP contribution in [0.3, 0.4) is 0 Å². The van der Waals surface area contributed by atoms with E-state index in [4.69, 9.17) is 9.47 Å². The number of carbonyl (C=O) groups is 2. The number of carbonyl (C=O) groups excluding carboxylic acids is 2. The summed E-state index contributed by atoms with van der Waals surface area (Å²) in [5.74, 6) is -4.95. The number of halogens is 8. The zero-order valence-corrected chi connectivity index (χ0v) is 22.9. The molecule has 0 bridgehead atoms. The number of benzene rings is 3. The Balaban J connectivity index is 1.39. The Kier molecular flexibility index (Phi) is 7.97. The molecule has 0 radical (unpaired) electrons. The van der Waals surface area contributed by atoms with E-state index in [1.807, 2.05) is 5.32 Å². The summed E-state index contributed by atoms with van der Waals surface area (Å²) in [6.45, 7) is 0.538. The molecule has 14 heteroatoms. The van der Waals surface area contributed by atoms with E-state index in [0.717, 1.165) is 36.4 Å². The molecule has 2 saturated carbocycles. The average molecular weight is 629 g/mol. The van der Waals surface area contributed by atoms with E-state index in [1.165, 1.54) is 13.0 Å². The maximum Gasteiger partial charge on any atom is 0.416 e. The van der Waals surface area contributed by atoms with Crippen molar-refractivity contribution < 1.29 is 54.2 Å². The summed E-state index contributed by atoms with van der Waals surface area (Å²) in [6.07, 6.45) is -9.06. The number of alkyl halides is 6. The van der Waals surface area contributed by atoms with E-state index < -0.39 is 64.8 Å². The van der Waals surface area contributed by atoms with E-state index in [0.29, 0.717) is 24.5 Å². The van der Waals surface area contributed by atoms with Crippen LogP contribution in [0.1, 0.15) is 58.6 Å². The van der Waals surface area contributed by atoms with Crippen LogP contribution in [-0.2, 0) is 11.0 Å². The first-order valence-corrected chi connectivity index (χ1v) is 13.4. The lowest BCUT2D eigenvalue weighted by Gasteiger charge is -2.20. The highest BCUT2D eigenvalue weighted by Crippen LogP contribution is 2.49. The highest BCUT2D eigenvalue weighted by atomic mass is 19.4. The molecule has 44 heavy (non-hydrogen) atoms. The van der Waals surface area contributed by atoms with Crippen molar-refractivity contribution in [3.8, 4) is 17.2 Å². The van der Waals surface area contributed by atoms with Gasteiger partial charge in [-0.2, -0.15) is 26.3 Å². The molecule has 2 fully saturated rings. The molecular formula is C30H24F8N2O4. The number of nitrogens with one attached hydrogen (secondary N) is 2. The van der Waals surface area contributed by atoms with Crippen LogP contribution >= 0.6 is 0 Å². The van der Waals surface area contributed by atoms with E-state index in [9.17, 15) is 44.7 Å². The minimum absolute atomic E-state index is 0.0574. The molecule has 6 nitrogen and oxygen atoms in total. The first kappa shape index (κ1) is 31.1. The van der Waals surface area contributed by atoms with Crippen molar-refractivity contribution >= 4 is 17.5 Å². The number of anilines is 1. The Morgan fingerprint density at radius 2 is 1.61 bits per heavy atom. The standard InChI is InChI=1S/C30H24F8N2O4/c1-15-10-17(31)4-7-23(15)44-24-13-19(16-2-3-16)21(29(33,34)35)12-20(24)27(42)39-18-5-6-22(32)25(11-18)43-14-26(41)40-28(8-9-28)30(36,37)38/h4-7,10-13,16H,2-3,8-9,14H2,1H3,(H,39,42)(H,40,41).